The van der Waals surface area contributed by atoms with Crippen molar-refractivity contribution in [1.82, 2.24) is 5.32 Å². The first-order chi connectivity index (χ1) is 8.94. The van der Waals surface area contributed by atoms with Crippen LogP contribution in [0.3, 0.4) is 0 Å². The summed E-state index contributed by atoms with van der Waals surface area (Å²) in [5.41, 5.74) is -0.0766. The van der Waals surface area contributed by atoms with Crippen LogP contribution in [0.2, 0.25) is 0 Å². The molecule has 19 heavy (non-hydrogen) atoms. The molecule has 1 amide bonds. The molecular weight excluding hydrogens is 238 g/mol. The number of hydrogen-bond donors (Lipinski definition) is 2. The van der Waals surface area contributed by atoms with E-state index in [-0.39, 0.29) is 11.3 Å². The van der Waals surface area contributed by atoms with Crippen LogP contribution < -0.4 is 5.32 Å². The van der Waals surface area contributed by atoms with E-state index in [1.165, 1.54) is 5.56 Å². The Balaban J connectivity index is 1.96. The lowest BCUT2D eigenvalue weighted by atomic mass is 9.84. The Morgan fingerprint density at radius 2 is 1.84 bits per heavy atom. The quantitative estimate of drug-likeness (QED) is 0.874. The van der Waals surface area contributed by atoms with Crippen molar-refractivity contribution in [2.45, 2.75) is 50.5 Å². The minimum atomic E-state index is -1.13. The molecule has 1 fully saturated rings. The highest BCUT2D eigenvalue weighted by molar-refractivity contribution is 5.85. The monoisotopic (exact) mass is 261 g/mol. The first-order valence-electron chi connectivity index (χ1n) is 7.00. The zero-order valence-corrected chi connectivity index (χ0v) is 11.8. The molecule has 1 aliphatic carbocycles. The summed E-state index contributed by atoms with van der Waals surface area (Å²) in [5, 5.41) is 13.1. The Morgan fingerprint density at radius 1 is 1.26 bits per heavy atom. The Kier molecular flexibility index (Phi) is 3.95. The van der Waals surface area contributed by atoms with Gasteiger partial charge in [-0.05, 0) is 31.2 Å². The average Bonchev–Trinajstić information content (AvgIpc) is 2.85. The summed E-state index contributed by atoms with van der Waals surface area (Å²) in [7, 11) is 0. The van der Waals surface area contributed by atoms with Crippen molar-refractivity contribution >= 4 is 5.91 Å². The third kappa shape index (κ3) is 3.16. The van der Waals surface area contributed by atoms with Crippen molar-refractivity contribution in [1.29, 1.82) is 0 Å². The van der Waals surface area contributed by atoms with Crippen molar-refractivity contribution in [3.8, 4) is 0 Å². The first-order valence-corrected chi connectivity index (χ1v) is 7.00. The van der Waals surface area contributed by atoms with Gasteiger partial charge in [0.25, 0.3) is 5.91 Å². The van der Waals surface area contributed by atoms with Crippen molar-refractivity contribution < 1.29 is 9.90 Å². The van der Waals surface area contributed by atoms with E-state index >= 15 is 0 Å². The van der Waals surface area contributed by atoms with Gasteiger partial charge in [-0.2, -0.15) is 0 Å². The van der Waals surface area contributed by atoms with Crippen molar-refractivity contribution in [3.63, 3.8) is 0 Å². The fourth-order valence-corrected chi connectivity index (χ4v) is 2.64. The predicted octanol–water partition coefficient (Wildman–Crippen LogP) is 2.39. The molecule has 0 spiro atoms. The van der Waals surface area contributed by atoms with E-state index in [2.05, 4.69) is 31.3 Å². The van der Waals surface area contributed by atoms with Gasteiger partial charge >= 0.3 is 0 Å². The van der Waals surface area contributed by atoms with Crippen molar-refractivity contribution in [3.05, 3.63) is 35.9 Å². The minimum absolute atomic E-state index is 0.133. The summed E-state index contributed by atoms with van der Waals surface area (Å²) in [5.74, 6) is -0.214. The molecule has 104 valence electrons. The fraction of sp³-hybridized carbons (Fsp3) is 0.562. The third-order valence-corrected chi connectivity index (χ3v) is 4.10. The molecule has 0 heterocycles. The van der Waals surface area contributed by atoms with Gasteiger partial charge in [-0.25, -0.2) is 0 Å². The topological polar surface area (TPSA) is 49.3 Å². The number of rotatable bonds is 4. The van der Waals surface area contributed by atoms with Crippen molar-refractivity contribution in [2.24, 2.45) is 0 Å². The minimum Gasteiger partial charge on any atom is -0.380 e. The summed E-state index contributed by atoms with van der Waals surface area (Å²) in [6, 6.07) is 10.1. The van der Waals surface area contributed by atoms with Gasteiger partial charge in [0.15, 0.2) is 0 Å². The molecule has 3 nitrogen and oxygen atoms in total. The molecular formula is C16H23NO2. The molecule has 1 saturated carbocycles. The zero-order valence-electron chi connectivity index (χ0n) is 11.8. The van der Waals surface area contributed by atoms with Crippen LogP contribution in [0.1, 0.15) is 45.1 Å². The second kappa shape index (κ2) is 5.33. The van der Waals surface area contributed by atoms with Gasteiger partial charge in [0, 0.05) is 12.0 Å². The van der Waals surface area contributed by atoms with Gasteiger partial charge < -0.3 is 10.4 Å². The molecule has 0 aliphatic heterocycles. The molecule has 0 radical (unpaired) electrons. The van der Waals surface area contributed by atoms with Crippen LogP contribution in [-0.2, 0) is 10.2 Å². The highest BCUT2D eigenvalue weighted by Gasteiger charge is 2.39. The molecule has 0 unspecified atom stereocenters. The van der Waals surface area contributed by atoms with Crippen LogP contribution in [0.4, 0.5) is 0 Å². The molecule has 2 rings (SSSR count). The van der Waals surface area contributed by atoms with E-state index in [1.807, 2.05) is 18.2 Å². The maximum Gasteiger partial charge on any atom is 0.251 e. The van der Waals surface area contributed by atoms with Crippen molar-refractivity contribution in [2.75, 3.05) is 6.54 Å². The summed E-state index contributed by atoms with van der Waals surface area (Å²) < 4.78 is 0. The normalized spacial score (nSPS) is 18.3. The van der Waals surface area contributed by atoms with Crippen LogP contribution in [0, 0.1) is 0 Å². The summed E-state index contributed by atoms with van der Waals surface area (Å²) in [6.07, 6.45) is 3.05. The Morgan fingerprint density at radius 3 is 2.42 bits per heavy atom. The number of nitrogens with one attached hydrogen (secondary N) is 1. The second-order valence-corrected chi connectivity index (χ2v) is 6.17. The van der Waals surface area contributed by atoms with Gasteiger partial charge in [-0.15, -0.1) is 0 Å². The lowest BCUT2D eigenvalue weighted by Crippen LogP contribution is -2.48. The number of hydrogen-bond acceptors (Lipinski definition) is 2. The Bertz CT molecular complexity index is 433. The van der Waals surface area contributed by atoms with Crippen LogP contribution >= 0.6 is 0 Å². The first kappa shape index (κ1) is 14.1. The molecule has 0 atom stereocenters. The standard InChI is InChI=1S/C16H23NO2/c1-15(2,13-8-4-3-5-9-13)12-17-14(18)16(19)10-6-7-11-16/h3-5,8-9,19H,6-7,10-12H2,1-2H3,(H,17,18). The molecule has 0 bridgehead atoms. The van der Waals surface area contributed by atoms with Crippen LogP contribution in [0.15, 0.2) is 30.3 Å². The van der Waals surface area contributed by atoms with Crippen LogP contribution in [0.25, 0.3) is 0 Å². The number of carbonyl (C=O) groups excluding carboxylic acids is 1. The maximum atomic E-state index is 12.1. The summed E-state index contributed by atoms with van der Waals surface area (Å²) >= 11 is 0. The highest BCUT2D eigenvalue weighted by Crippen LogP contribution is 2.30. The van der Waals surface area contributed by atoms with E-state index in [0.717, 1.165) is 12.8 Å². The van der Waals surface area contributed by atoms with Gasteiger partial charge in [0.1, 0.15) is 5.60 Å². The molecule has 1 aromatic rings. The molecule has 3 heteroatoms. The summed E-state index contributed by atoms with van der Waals surface area (Å²) in [4.78, 5) is 12.1. The maximum absolute atomic E-state index is 12.1. The fourth-order valence-electron chi connectivity index (χ4n) is 2.64. The number of amides is 1. The molecule has 2 N–H and O–H groups in total. The molecule has 1 aromatic carbocycles. The number of carbonyl (C=O) groups is 1. The number of aliphatic hydroxyl groups is 1. The molecule has 0 aromatic heterocycles. The van der Waals surface area contributed by atoms with Gasteiger partial charge in [-0.1, -0.05) is 44.2 Å². The third-order valence-electron chi connectivity index (χ3n) is 4.10. The second-order valence-electron chi connectivity index (χ2n) is 6.17. The lowest BCUT2D eigenvalue weighted by molar-refractivity contribution is -0.139. The van der Waals surface area contributed by atoms with E-state index in [0.29, 0.717) is 19.4 Å². The molecule has 0 saturated heterocycles. The molecule has 1 aliphatic rings. The Labute approximate surface area is 115 Å². The zero-order chi connectivity index (χ0) is 13.9. The SMILES string of the molecule is CC(C)(CNC(=O)C1(O)CCCC1)c1ccccc1. The number of benzene rings is 1. The van der Waals surface area contributed by atoms with E-state index < -0.39 is 5.60 Å². The van der Waals surface area contributed by atoms with E-state index in [4.69, 9.17) is 0 Å². The van der Waals surface area contributed by atoms with Gasteiger partial charge in [-0.3, -0.25) is 4.79 Å². The van der Waals surface area contributed by atoms with E-state index in [1.54, 1.807) is 0 Å². The Hall–Kier alpha value is -1.35. The smallest absolute Gasteiger partial charge is 0.251 e. The van der Waals surface area contributed by atoms with Gasteiger partial charge in [0.05, 0.1) is 0 Å². The van der Waals surface area contributed by atoms with E-state index in [9.17, 15) is 9.90 Å². The predicted molar refractivity (Wildman–Crippen MR) is 75.9 cm³/mol. The largest absolute Gasteiger partial charge is 0.380 e. The van der Waals surface area contributed by atoms with Gasteiger partial charge in [0.2, 0.25) is 0 Å². The summed E-state index contributed by atoms with van der Waals surface area (Å²) in [6.45, 7) is 4.74. The average molecular weight is 261 g/mol. The van der Waals surface area contributed by atoms with Crippen LogP contribution in [-0.4, -0.2) is 23.2 Å². The lowest BCUT2D eigenvalue weighted by Gasteiger charge is -2.28. The highest BCUT2D eigenvalue weighted by atomic mass is 16.3. The van der Waals surface area contributed by atoms with Crippen LogP contribution in [0.5, 0.6) is 0 Å².